The second kappa shape index (κ2) is 9.29. The summed E-state index contributed by atoms with van der Waals surface area (Å²) >= 11 is 1.47. The van der Waals surface area contributed by atoms with Crippen LogP contribution in [0.15, 0.2) is 83.3 Å². The van der Waals surface area contributed by atoms with Crippen molar-refractivity contribution in [1.29, 1.82) is 0 Å². The maximum Gasteiger partial charge on any atom is 0.240 e. The van der Waals surface area contributed by atoms with Crippen LogP contribution in [0.25, 0.3) is 27.6 Å². The molecule has 0 aliphatic rings. The molecule has 5 aromatic rings. The Morgan fingerprint density at radius 1 is 1.00 bits per heavy atom. The van der Waals surface area contributed by atoms with Gasteiger partial charge in [-0.05, 0) is 30.3 Å². The number of thiazole rings is 1. The molecule has 5 rings (SSSR count). The molecule has 3 aromatic heterocycles. The lowest BCUT2D eigenvalue weighted by Crippen LogP contribution is -2.29. The summed E-state index contributed by atoms with van der Waals surface area (Å²) in [5, 5.41) is 4.96. The zero-order valence-corrected chi connectivity index (χ0v) is 19.4. The molecule has 0 aliphatic heterocycles. The molecule has 3 heterocycles. The third-order valence-corrected chi connectivity index (χ3v) is 7.25. The lowest BCUT2D eigenvalue weighted by molar-refractivity contribution is 0.583. The van der Waals surface area contributed by atoms with Gasteiger partial charge in [-0.15, -0.1) is 11.3 Å². The van der Waals surface area contributed by atoms with Crippen LogP contribution in [0.5, 0.6) is 0 Å². The van der Waals surface area contributed by atoms with E-state index in [2.05, 4.69) is 25.0 Å². The van der Waals surface area contributed by atoms with Gasteiger partial charge in [0.1, 0.15) is 11.5 Å². The molecule has 0 amide bonds. The van der Waals surface area contributed by atoms with Gasteiger partial charge in [-0.25, -0.2) is 32.5 Å². The van der Waals surface area contributed by atoms with Crippen molar-refractivity contribution in [2.45, 2.75) is 4.90 Å². The van der Waals surface area contributed by atoms with E-state index in [4.69, 9.17) is 0 Å². The van der Waals surface area contributed by atoms with Crippen LogP contribution in [0.1, 0.15) is 0 Å². The third-order valence-electron chi connectivity index (χ3n) is 5.01. The van der Waals surface area contributed by atoms with E-state index < -0.39 is 10.0 Å². The van der Waals surface area contributed by atoms with Crippen LogP contribution >= 0.6 is 11.3 Å². The summed E-state index contributed by atoms with van der Waals surface area (Å²) in [5.41, 5.74) is 2.59. The second-order valence-corrected chi connectivity index (χ2v) is 9.92. The Balaban J connectivity index is 1.36. The van der Waals surface area contributed by atoms with Crippen molar-refractivity contribution in [2.24, 2.45) is 0 Å². The molecule has 2 N–H and O–H groups in total. The predicted octanol–water partition coefficient (Wildman–Crippen LogP) is 4.05. The molecule has 0 radical (unpaired) electrons. The van der Waals surface area contributed by atoms with E-state index in [0.29, 0.717) is 22.9 Å². The first kappa shape index (κ1) is 22.1. The monoisotopic (exact) mass is 494 g/mol. The molecule has 0 bridgehead atoms. The van der Waals surface area contributed by atoms with E-state index in [1.807, 2.05) is 16.0 Å². The van der Waals surface area contributed by atoms with Gasteiger partial charge < -0.3 is 5.32 Å². The van der Waals surface area contributed by atoms with Gasteiger partial charge in [0, 0.05) is 36.4 Å². The molecule has 0 saturated heterocycles. The molecular formula is C23H19FN6O2S2. The largest absolute Gasteiger partial charge is 0.353 e. The number of fused-ring (bicyclic) bond motifs is 1. The number of nitrogens with zero attached hydrogens (tertiary/aromatic N) is 4. The fourth-order valence-electron chi connectivity index (χ4n) is 3.49. The summed E-state index contributed by atoms with van der Waals surface area (Å²) < 4.78 is 43.0. The number of sulfonamides is 1. The number of imidazole rings is 1. The summed E-state index contributed by atoms with van der Waals surface area (Å²) in [6.07, 6.45) is 3.50. The zero-order chi connectivity index (χ0) is 23.5. The standard InChI is InChI=1S/C23H19FN6O2S2/c24-17-6-4-5-16(15-17)20-21(30-13-14-33-23(30)29-20)19-9-10-25-22(28-19)26-11-12-27-34(31,32)18-7-2-1-3-8-18/h1-10,13-15,27H,11-12H2,(H,25,26,28). The molecule has 11 heteroatoms. The fourth-order valence-corrected chi connectivity index (χ4v) is 5.25. The first-order valence-electron chi connectivity index (χ1n) is 10.3. The summed E-state index contributed by atoms with van der Waals surface area (Å²) in [6, 6.07) is 16.2. The van der Waals surface area contributed by atoms with Gasteiger partial charge in [0.25, 0.3) is 0 Å². The first-order valence-corrected chi connectivity index (χ1v) is 12.7. The van der Waals surface area contributed by atoms with E-state index in [-0.39, 0.29) is 23.8 Å². The van der Waals surface area contributed by atoms with Crippen LogP contribution in [-0.4, -0.2) is 40.9 Å². The Hall–Kier alpha value is -3.67. The number of hydrogen-bond acceptors (Lipinski definition) is 7. The van der Waals surface area contributed by atoms with Crippen LogP contribution in [0.4, 0.5) is 10.3 Å². The number of nitrogens with one attached hydrogen (secondary N) is 2. The Labute approximate surface area is 199 Å². The smallest absolute Gasteiger partial charge is 0.240 e. The SMILES string of the molecule is O=S(=O)(NCCNc1nccc(-c2c(-c3cccc(F)c3)nc3sccn23)n1)c1ccccc1. The van der Waals surface area contributed by atoms with Gasteiger partial charge in [0.05, 0.1) is 16.3 Å². The number of hydrogen-bond donors (Lipinski definition) is 2. The number of halogens is 1. The van der Waals surface area contributed by atoms with Crippen molar-refractivity contribution in [3.63, 3.8) is 0 Å². The summed E-state index contributed by atoms with van der Waals surface area (Å²) in [6.45, 7) is 0.438. The maximum atomic E-state index is 13.9. The zero-order valence-electron chi connectivity index (χ0n) is 17.7. The van der Waals surface area contributed by atoms with E-state index in [1.165, 1.54) is 35.6 Å². The van der Waals surface area contributed by atoms with Crippen LogP contribution < -0.4 is 10.0 Å². The molecule has 8 nitrogen and oxygen atoms in total. The number of benzene rings is 2. The van der Waals surface area contributed by atoms with Crippen molar-refractivity contribution in [3.05, 3.63) is 84.3 Å². The predicted molar refractivity (Wildman–Crippen MR) is 130 cm³/mol. The summed E-state index contributed by atoms with van der Waals surface area (Å²) in [4.78, 5) is 14.5. The second-order valence-electron chi connectivity index (χ2n) is 7.28. The first-order chi connectivity index (χ1) is 16.5. The Bertz CT molecular complexity index is 1550. The number of rotatable bonds is 8. The van der Waals surface area contributed by atoms with Gasteiger partial charge in [0.2, 0.25) is 16.0 Å². The molecule has 0 unspecified atom stereocenters. The molecule has 2 aromatic carbocycles. The number of anilines is 1. The normalized spacial score (nSPS) is 11.7. The van der Waals surface area contributed by atoms with E-state index >= 15 is 0 Å². The van der Waals surface area contributed by atoms with Gasteiger partial charge >= 0.3 is 0 Å². The number of aromatic nitrogens is 4. The topological polar surface area (TPSA) is 101 Å². The molecule has 0 saturated carbocycles. The lowest BCUT2D eigenvalue weighted by atomic mass is 10.1. The fraction of sp³-hybridized carbons (Fsp3) is 0.0870. The summed E-state index contributed by atoms with van der Waals surface area (Å²) in [7, 11) is -3.59. The van der Waals surface area contributed by atoms with E-state index in [0.717, 1.165) is 10.7 Å². The third kappa shape index (κ3) is 4.53. The molecule has 0 fully saturated rings. The quantitative estimate of drug-likeness (QED) is 0.316. The average Bonchev–Trinajstić information content (AvgIpc) is 3.44. The van der Waals surface area contributed by atoms with E-state index in [1.54, 1.807) is 42.6 Å². The average molecular weight is 495 g/mol. The minimum absolute atomic E-state index is 0.154. The van der Waals surface area contributed by atoms with Crippen molar-refractivity contribution in [3.8, 4) is 22.6 Å². The molecular weight excluding hydrogens is 475 g/mol. The Kier molecular flexibility index (Phi) is 6.05. The van der Waals surface area contributed by atoms with Crippen LogP contribution in [0.3, 0.4) is 0 Å². The van der Waals surface area contributed by atoms with Gasteiger partial charge in [-0.3, -0.25) is 4.40 Å². The van der Waals surface area contributed by atoms with Crippen molar-refractivity contribution < 1.29 is 12.8 Å². The van der Waals surface area contributed by atoms with Crippen molar-refractivity contribution >= 4 is 32.3 Å². The summed E-state index contributed by atoms with van der Waals surface area (Å²) in [5.74, 6) is -0.00502. The highest BCUT2D eigenvalue weighted by Crippen LogP contribution is 2.33. The molecule has 0 spiro atoms. The Morgan fingerprint density at radius 3 is 2.68 bits per heavy atom. The minimum atomic E-state index is -3.59. The molecule has 0 atom stereocenters. The molecule has 172 valence electrons. The van der Waals surface area contributed by atoms with Crippen molar-refractivity contribution in [1.82, 2.24) is 24.1 Å². The molecule has 34 heavy (non-hydrogen) atoms. The highest BCUT2D eigenvalue weighted by atomic mass is 32.2. The highest BCUT2D eigenvalue weighted by molar-refractivity contribution is 7.89. The van der Waals surface area contributed by atoms with Gasteiger partial charge in [-0.1, -0.05) is 30.3 Å². The highest BCUT2D eigenvalue weighted by Gasteiger charge is 2.19. The minimum Gasteiger partial charge on any atom is -0.353 e. The maximum absolute atomic E-state index is 13.9. The van der Waals surface area contributed by atoms with Crippen LogP contribution in [-0.2, 0) is 10.0 Å². The molecule has 0 aliphatic carbocycles. The van der Waals surface area contributed by atoms with Gasteiger partial charge in [0.15, 0.2) is 4.96 Å². The van der Waals surface area contributed by atoms with Gasteiger partial charge in [-0.2, -0.15) is 0 Å². The Morgan fingerprint density at radius 2 is 1.85 bits per heavy atom. The lowest BCUT2D eigenvalue weighted by Gasteiger charge is -2.09. The van der Waals surface area contributed by atoms with Crippen LogP contribution in [0, 0.1) is 5.82 Å². The van der Waals surface area contributed by atoms with Crippen LogP contribution in [0.2, 0.25) is 0 Å². The van der Waals surface area contributed by atoms with Crippen molar-refractivity contribution in [2.75, 3.05) is 18.4 Å². The van der Waals surface area contributed by atoms with E-state index in [9.17, 15) is 12.8 Å².